The van der Waals surface area contributed by atoms with Gasteiger partial charge in [-0.1, -0.05) is 45.4 Å². The number of hydrogen-bond donors (Lipinski definition) is 1. The molecule has 0 aromatic heterocycles. The Morgan fingerprint density at radius 3 is 2.35 bits per heavy atom. The highest BCUT2D eigenvalue weighted by Crippen LogP contribution is 2.25. The van der Waals surface area contributed by atoms with E-state index in [4.69, 9.17) is 11.6 Å². The highest BCUT2D eigenvalue weighted by atomic mass is 35.5. The molecule has 1 atom stereocenters. The number of nitrogens with one attached hydrogen (secondary N) is 1. The average Bonchev–Trinajstić information content (AvgIpc) is 2.32. The predicted octanol–water partition coefficient (Wildman–Crippen LogP) is 4.93. The second-order valence-electron chi connectivity index (χ2n) is 6.45. The maximum Gasteiger partial charge on any atom is 0.127 e. The van der Waals surface area contributed by atoms with E-state index in [0.717, 1.165) is 19.5 Å². The fourth-order valence-electron chi connectivity index (χ4n) is 2.50. The van der Waals surface area contributed by atoms with Gasteiger partial charge in [-0.05, 0) is 55.8 Å². The van der Waals surface area contributed by atoms with E-state index in [2.05, 4.69) is 33.0 Å². The van der Waals surface area contributed by atoms with E-state index in [1.54, 1.807) is 12.1 Å². The van der Waals surface area contributed by atoms with Crippen molar-refractivity contribution >= 4 is 11.6 Å². The molecule has 0 saturated carbocycles. The maximum atomic E-state index is 13.9. The average molecular weight is 300 g/mol. The van der Waals surface area contributed by atoms with E-state index in [0.29, 0.717) is 34.8 Å². The molecule has 114 valence electrons. The van der Waals surface area contributed by atoms with Crippen LogP contribution in [0.1, 0.15) is 39.7 Å². The topological polar surface area (TPSA) is 12.0 Å². The number of rotatable bonds is 8. The minimum atomic E-state index is -0.185. The van der Waals surface area contributed by atoms with Crippen molar-refractivity contribution in [2.45, 2.75) is 40.5 Å². The van der Waals surface area contributed by atoms with Gasteiger partial charge in [-0.3, -0.25) is 0 Å². The van der Waals surface area contributed by atoms with Gasteiger partial charge in [0.25, 0.3) is 0 Å². The van der Waals surface area contributed by atoms with E-state index in [1.807, 2.05) is 0 Å². The van der Waals surface area contributed by atoms with Gasteiger partial charge in [0.2, 0.25) is 0 Å². The fraction of sp³-hybridized carbons (Fsp3) is 0.647. The van der Waals surface area contributed by atoms with Gasteiger partial charge < -0.3 is 5.32 Å². The zero-order valence-electron chi connectivity index (χ0n) is 13.0. The third kappa shape index (κ3) is 6.23. The zero-order valence-corrected chi connectivity index (χ0v) is 13.8. The van der Waals surface area contributed by atoms with Crippen LogP contribution in [0.25, 0.3) is 0 Å². The molecular weight excluding hydrogens is 273 g/mol. The Morgan fingerprint density at radius 1 is 1.10 bits per heavy atom. The van der Waals surface area contributed by atoms with Crippen LogP contribution in [0.15, 0.2) is 18.2 Å². The van der Waals surface area contributed by atoms with Crippen LogP contribution in [0.4, 0.5) is 4.39 Å². The van der Waals surface area contributed by atoms with Gasteiger partial charge in [0, 0.05) is 10.6 Å². The second kappa shape index (κ2) is 8.63. The Kier molecular flexibility index (Phi) is 7.53. The van der Waals surface area contributed by atoms with Crippen molar-refractivity contribution in [1.82, 2.24) is 5.32 Å². The molecule has 0 saturated heterocycles. The summed E-state index contributed by atoms with van der Waals surface area (Å²) >= 11 is 6.13. The Labute approximate surface area is 127 Å². The van der Waals surface area contributed by atoms with Crippen LogP contribution in [0, 0.1) is 23.6 Å². The number of halogens is 2. The van der Waals surface area contributed by atoms with Crippen molar-refractivity contribution in [3.63, 3.8) is 0 Å². The smallest absolute Gasteiger partial charge is 0.127 e. The molecule has 0 radical (unpaired) electrons. The van der Waals surface area contributed by atoms with E-state index < -0.39 is 0 Å². The summed E-state index contributed by atoms with van der Waals surface area (Å²) in [5.41, 5.74) is 0.658. The van der Waals surface area contributed by atoms with Crippen molar-refractivity contribution in [1.29, 1.82) is 0 Å². The van der Waals surface area contributed by atoms with Gasteiger partial charge >= 0.3 is 0 Å². The Balaban J connectivity index is 2.68. The fourth-order valence-corrected chi connectivity index (χ4v) is 2.74. The zero-order chi connectivity index (χ0) is 15.1. The van der Waals surface area contributed by atoms with Crippen molar-refractivity contribution in [3.05, 3.63) is 34.6 Å². The predicted molar refractivity (Wildman–Crippen MR) is 85.8 cm³/mol. The minimum Gasteiger partial charge on any atom is -0.316 e. The molecule has 0 aliphatic heterocycles. The summed E-state index contributed by atoms with van der Waals surface area (Å²) < 4.78 is 13.9. The van der Waals surface area contributed by atoms with Crippen molar-refractivity contribution < 1.29 is 4.39 Å². The van der Waals surface area contributed by atoms with E-state index in [1.165, 1.54) is 6.07 Å². The molecule has 0 spiro atoms. The molecule has 0 aliphatic carbocycles. The van der Waals surface area contributed by atoms with Crippen LogP contribution in [0.3, 0.4) is 0 Å². The van der Waals surface area contributed by atoms with Crippen molar-refractivity contribution in [3.8, 4) is 0 Å². The van der Waals surface area contributed by atoms with E-state index >= 15 is 0 Å². The maximum absolute atomic E-state index is 13.9. The molecule has 1 unspecified atom stereocenters. The molecule has 1 N–H and O–H groups in total. The van der Waals surface area contributed by atoms with E-state index in [9.17, 15) is 4.39 Å². The van der Waals surface area contributed by atoms with Crippen molar-refractivity contribution in [2.75, 3.05) is 13.1 Å². The van der Waals surface area contributed by atoms with Crippen LogP contribution in [-0.4, -0.2) is 13.1 Å². The van der Waals surface area contributed by atoms with Crippen LogP contribution < -0.4 is 5.32 Å². The summed E-state index contributed by atoms with van der Waals surface area (Å²) in [6.07, 6.45) is 1.78. The van der Waals surface area contributed by atoms with Gasteiger partial charge in [-0.25, -0.2) is 4.39 Å². The van der Waals surface area contributed by atoms with Gasteiger partial charge in [-0.2, -0.15) is 0 Å². The molecule has 0 fully saturated rings. The first-order valence-corrected chi connectivity index (χ1v) is 7.91. The largest absolute Gasteiger partial charge is 0.316 e. The normalized spacial score (nSPS) is 13.2. The molecule has 20 heavy (non-hydrogen) atoms. The van der Waals surface area contributed by atoms with Crippen molar-refractivity contribution in [2.24, 2.45) is 17.8 Å². The molecule has 0 aliphatic rings. The summed E-state index contributed by atoms with van der Waals surface area (Å²) in [6, 6.07) is 4.93. The van der Waals surface area contributed by atoms with Gasteiger partial charge in [-0.15, -0.1) is 0 Å². The number of benzene rings is 1. The first-order chi connectivity index (χ1) is 9.40. The summed E-state index contributed by atoms with van der Waals surface area (Å²) in [4.78, 5) is 0. The van der Waals surface area contributed by atoms with E-state index in [-0.39, 0.29) is 5.82 Å². The van der Waals surface area contributed by atoms with Crippen LogP contribution in [-0.2, 0) is 6.42 Å². The van der Waals surface area contributed by atoms with Gasteiger partial charge in [0.05, 0.1) is 0 Å². The third-order valence-corrected chi connectivity index (χ3v) is 3.70. The highest BCUT2D eigenvalue weighted by Gasteiger charge is 2.16. The quantitative estimate of drug-likeness (QED) is 0.717. The molecule has 3 heteroatoms. The van der Waals surface area contributed by atoms with Gasteiger partial charge in [0.1, 0.15) is 5.82 Å². The molecule has 0 heterocycles. The first kappa shape index (κ1) is 17.5. The lowest BCUT2D eigenvalue weighted by atomic mass is 9.90. The van der Waals surface area contributed by atoms with Crippen LogP contribution in [0.5, 0.6) is 0 Å². The molecule has 1 aromatic carbocycles. The molecule has 0 bridgehead atoms. The van der Waals surface area contributed by atoms with Crippen LogP contribution >= 0.6 is 11.6 Å². The molecule has 1 rings (SSSR count). The summed E-state index contributed by atoms with van der Waals surface area (Å²) in [5.74, 6) is 1.47. The highest BCUT2D eigenvalue weighted by molar-refractivity contribution is 6.31. The lowest BCUT2D eigenvalue weighted by Gasteiger charge is -2.21. The summed E-state index contributed by atoms with van der Waals surface area (Å²) in [7, 11) is 0. The lowest BCUT2D eigenvalue weighted by molar-refractivity contribution is 0.372. The first-order valence-electron chi connectivity index (χ1n) is 7.53. The van der Waals surface area contributed by atoms with Crippen LogP contribution in [0.2, 0.25) is 5.02 Å². The van der Waals surface area contributed by atoms with Gasteiger partial charge in [0.15, 0.2) is 0 Å². The minimum absolute atomic E-state index is 0.185. The molecular formula is C17H27ClFN. The SMILES string of the molecule is CC(C)CNCC(Cc1c(F)cccc1Cl)CC(C)C. The Morgan fingerprint density at radius 2 is 1.80 bits per heavy atom. The summed E-state index contributed by atoms with van der Waals surface area (Å²) in [5, 5.41) is 4.03. The number of hydrogen-bond acceptors (Lipinski definition) is 1. The second-order valence-corrected chi connectivity index (χ2v) is 6.86. The lowest BCUT2D eigenvalue weighted by Crippen LogP contribution is -2.28. The standard InChI is InChI=1S/C17H27ClFN/c1-12(2)8-14(11-20-10-13(3)4)9-15-16(18)6-5-7-17(15)19/h5-7,12-14,20H,8-11H2,1-4H3. The Bertz CT molecular complexity index is 384. The monoisotopic (exact) mass is 299 g/mol. The molecule has 1 nitrogen and oxygen atoms in total. The Hall–Kier alpha value is -0.600. The summed E-state index contributed by atoms with van der Waals surface area (Å²) in [6.45, 7) is 10.7. The molecule has 1 aromatic rings. The third-order valence-electron chi connectivity index (χ3n) is 3.34. The molecule has 0 amide bonds.